The van der Waals surface area contributed by atoms with E-state index in [4.69, 9.17) is 13.6 Å². The molecule has 0 saturated heterocycles. The van der Waals surface area contributed by atoms with Crippen LogP contribution in [0.2, 0.25) is 0 Å². The summed E-state index contributed by atoms with van der Waals surface area (Å²) in [5.41, 5.74) is 1.45. The molecule has 3 aromatic heterocycles. The van der Waals surface area contributed by atoms with Crippen LogP contribution in [-0.4, -0.2) is 23.3 Å². The largest absolute Gasteiger partial charge is 0.476 e. The molecule has 1 aromatic carbocycles. The molecule has 0 spiro atoms. The van der Waals surface area contributed by atoms with Gasteiger partial charge in [0.15, 0.2) is 23.3 Å². The van der Waals surface area contributed by atoms with Crippen LogP contribution >= 0.6 is 11.3 Å². The zero-order valence-corrected chi connectivity index (χ0v) is 17.8. The van der Waals surface area contributed by atoms with Crippen molar-refractivity contribution >= 4 is 39.1 Å². The number of hydrogen-bond donors (Lipinski definition) is 1. The number of hydrogen-bond acceptors (Lipinski definition) is 8. The van der Waals surface area contributed by atoms with Crippen LogP contribution in [0.1, 0.15) is 27.9 Å². The van der Waals surface area contributed by atoms with E-state index in [2.05, 4.69) is 10.3 Å². The van der Waals surface area contributed by atoms with E-state index in [9.17, 15) is 14.4 Å². The van der Waals surface area contributed by atoms with Gasteiger partial charge in [0.05, 0.1) is 22.2 Å². The predicted octanol–water partition coefficient (Wildman–Crippen LogP) is 4.35. The molecule has 0 aliphatic rings. The number of ketones is 1. The molecule has 0 atom stereocenters. The van der Waals surface area contributed by atoms with Crippen molar-refractivity contribution in [3.8, 4) is 17.3 Å². The Morgan fingerprint density at radius 3 is 2.71 bits per heavy atom. The van der Waals surface area contributed by atoms with Crippen LogP contribution in [-0.2, 0) is 4.79 Å². The summed E-state index contributed by atoms with van der Waals surface area (Å²) in [5.74, 6) is -0.375. The molecule has 8 nitrogen and oxygen atoms in total. The molecule has 0 bridgehead atoms. The van der Waals surface area contributed by atoms with Crippen LogP contribution in [0.4, 0.5) is 5.13 Å². The fourth-order valence-electron chi connectivity index (χ4n) is 3.05. The summed E-state index contributed by atoms with van der Waals surface area (Å²) < 4.78 is 16.9. The molecule has 1 N–H and O–H groups in total. The summed E-state index contributed by atoms with van der Waals surface area (Å²) >= 11 is 1.08. The number of fused-ring (bicyclic) bond motifs is 1. The lowest BCUT2D eigenvalue weighted by atomic mass is 10.1. The zero-order valence-electron chi connectivity index (χ0n) is 17.0. The molecular formula is C22H18N2O6S. The maximum Gasteiger partial charge on any atom is 0.264 e. The number of furan rings is 1. The lowest BCUT2D eigenvalue weighted by molar-refractivity contribution is -0.118. The summed E-state index contributed by atoms with van der Waals surface area (Å²) in [6.45, 7) is 4.56. The minimum atomic E-state index is -0.530. The molecule has 4 aromatic rings. The molecule has 31 heavy (non-hydrogen) atoms. The minimum absolute atomic E-state index is 0.102. The number of aromatic nitrogens is 1. The number of nitrogens with one attached hydrogen (secondary N) is 1. The van der Waals surface area contributed by atoms with Crippen LogP contribution in [0.25, 0.3) is 22.5 Å². The highest BCUT2D eigenvalue weighted by atomic mass is 32.1. The fourth-order valence-corrected chi connectivity index (χ4v) is 3.93. The first-order valence-corrected chi connectivity index (χ1v) is 10.2. The van der Waals surface area contributed by atoms with Crippen LogP contribution in [0, 0.1) is 13.8 Å². The Kier molecular flexibility index (Phi) is 5.43. The molecule has 9 heteroatoms. The van der Waals surface area contributed by atoms with E-state index in [1.54, 1.807) is 37.3 Å². The third kappa shape index (κ3) is 4.13. The van der Waals surface area contributed by atoms with Crippen molar-refractivity contribution in [1.82, 2.24) is 4.98 Å². The molecule has 0 fully saturated rings. The number of nitrogens with zero attached hydrogens (tertiary/aromatic N) is 1. The van der Waals surface area contributed by atoms with Gasteiger partial charge in [-0.3, -0.25) is 19.7 Å². The van der Waals surface area contributed by atoms with Gasteiger partial charge in [0.25, 0.3) is 5.91 Å². The Bertz CT molecular complexity index is 1350. The van der Waals surface area contributed by atoms with Crippen molar-refractivity contribution in [3.05, 3.63) is 63.0 Å². The number of anilines is 1. The molecule has 1 amide bonds. The summed E-state index contributed by atoms with van der Waals surface area (Å²) in [4.78, 5) is 41.6. The summed E-state index contributed by atoms with van der Waals surface area (Å²) in [6.07, 6.45) is 1.45. The van der Waals surface area contributed by atoms with Crippen LogP contribution in [0.15, 0.2) is 50.2 Å². The third-order valence-electron chi connectivity index (χ3n) is 4.46. The maximum atomic E-state index is 13.0. The highest BCUT2D eigenvalue weighted by Crippen LogP contribution is 2.31. The van der Waals surface area contributed by atoms with Gasteiger partial charge in [-0.05, 0) is 43.7 Å². The summed E-state index contributed by atoms with van der Waals surface area (Å²) in [5, 5.41) is 3.19. The van der Waals surface area contributed by atoms with Gasteiger partial charge in [0.1, 0.15) is 5.58 Å². The molecule has 0 radical (unpaired) electrons. The van der Waals surface area contributed by atoms with Gasteiger partial charge in [0.2, 0.25) is 16.9 Å². The maximum absolute atomic E-state index is 13.0. The molecule has 0 aliphatic carbocycles. The number of thiazole rings is 1. The lowest BCUT2D eigenvalue weighted by Gasteiger charge is -2.10. The van der Waals surface area contributed by atoms with Gasteiger partial charge in [-0.1, -0.05) is 17.4 Å². The Labute approximate surface area is 180 Å². The standard InChI is InChI=1S/C22H18N2O6S/c1-11-6-7-14-16(9-11)30-19(15-5-4-8-28-15)20(18(14)27)29-10-17(26)24-22-23-12(2)21(31-22)13(3)25/h4-9H,10H2,1-3H3,(H,23,24,26). The molecule has 0 unspecified atom stereocenters. The molecule has 158 valence electrons. The number of carbonyl (C=O) groups excluding carboxylic acids is 2. The van der Waals surface area contributed by atoms with E-state index in [0.29, 0.717) is 27.3 Å². The third-order valence-corrected chi connectivity index (χ3v) is 5.64. The van der Waals surface area contributed by atoms with Crippen molar-refractivity contribution < 1.29 is 23.2 Å². The molecular weight excluding hydrogens is 420 g/mol. The average molecular weight is 438 g/mol. The van der Waals surface area contributed by atoms with Gasteiger partial charge in [-0.15, -0.1) is 0 Å². The SMILES string of the molecule is CC(=O)c1sc(NC(=O)COc2c(-c3ccco3)oc3cc(C)ccc3c2=O)nc1C. The van der Waals surface area contributed by atoms with Crippen molar-refractivity contribution in [1.29, 1.82) is 0 Å². The molecule has 3 heterocycles. The first kappa shape index (κ1) is 20.5. The second-order valence-corrected chi connectivity index (χ2v) is 7.89. The second kappa shape index (κ2) is 8.19. The van der Waals surface area contributed by atoms with Gasteiger partial charge in [-0.2, -0.15) is 0 Å². The van der Waals surface area contributed by atoms with Crippen LogP contribution < -0.4 is 15.5 Å². The lowest BCUT2D eigenvalue weighted by Crippen LogP contribution is -2.22. The zero-order chi connectivity index (χ0) is 22.1. The van der Waals surface area contributed by atoms with Crippen LogP contribution in [0.5, 0.6) is 5.75 Å². The summed E-state index contributed by atoms with van der Waals surface area (Å²) in [7, 11) is 0. The quantitative estimate of drug-likeness (QED) is 0.446. The van der Waals surface area contributed by atoms with E-state index in [-0.39, 0.29) is 22.4 Å². The Morgan fingerprint density at radius 1 is 1.23 bits per heavy atom. The molecule has 0 saturated carbocycles. The van der Waals surface area contributed by atoms with Gasteiger partial charge in [0, 0.05) is 6.92 Å². The monoisotopic (exact) mass is 438 g/mol. The van der Waals surface area contributed by atoms with Gasteiger partial charge < -0.3 is 13.6 Å². The normalized spacial score (nSPS) is 10.9. The Hall–Kier alpha value is -3.72. The first-order chi connectivity index (χ1) is 14.8. The number of aryl methyl sites for hydroxylation is 2. The number of Topliss-reactive ketones (excluding diaryl/α,β-unsaturated/α-hetero) is 1. The fraction of sp³-hybridized carbons (Fsp3) is 0.182. The highest BCUT2D eigenvalue weighted by molar-refractivity contribution is 7.17. The van der Waals surface area contributed by atoms with E-state index in [1.165, 1.54) is 13.2 Å². The average Bonchev–Trinajstić information content (AvgIpc) is 3.36. The molecule has 0 aliphatic heterocycles. The Morgan fingerprint density at radius 2 is 2.03 bits per heavy atom. The van der Waals surface area contributed by atoms with Crippen molar-refractivity contribution in [3.63, 3.8) is 0 Å². The number of amides is 1. The highest BCUT2D eigenvalue weighted by Gasteiger charge is 2.21. The van der Waals surface area contributed by atoms with Crippen molar-refractivity contribution in [2.45, 2.75) is 20.8 Å². The number of benzene rings is 1. The van der Waals surface area contributed by atoms with Gasteiger partial charge >= 0.3 is 0 Å². The van der Waals surface area contributed by atoms with Gasteiger partial charge in [-0.25, -0.2) is 4.98 Å². The van der Waals surface area contributed by atoms with E-state index in [0.717, 1.165) is 16.9 Å². The molecule has 4 rings (SSSR count). The van der Waals surface area contributed by atoms with E-state index in [1.807, 2.05) is 6.92 Å². The van der Waals surface area contributed by atoms with E-state index >= 15 is 0 Å². The first-order valence-electron chi connectivity index (χ1n) is 9.36. The number of carbonyl (C=O) groups is 2. The van der Waals surface area contributed by atoms with E-state index < -0.39 is 17.9 Å². The Balaban J connectivity index is 1.62. The number of rotatable bonds is 6. The van der Waals surface area contributed by atoms with Crippen molar-refractivity contribution in [2.75, 3.05) is 11.9 Å². The smallest absolute Gasteiger partial charge is 0.264 e. The van der Waals surface area contributed by atoms with Crippen molar-refractivity contribution in [2.24, 2.45) is 0 Å². The second-order valence-electron chi connectivity index (χ2n) is 6.89. The topological polar surface area (TPSA) is 112 Å². The summed E-state index contributed by atoms with van der Waals surface area (Å²) in [6, 6.07) is 8.48. The predicted molar refractivity (Wildman–Crippen MR) is 116 cm³/mol. The minimum Gasteiger partial charge on any atom is -0.476 e. The van der Waals surface area contributed by atoms with Crippen LogP contribution in [0.3, 0.4) is 0 Å². The number of ether oxygens (including phenoxy) is 1.